The number of methoxy groups -OCH3 is 2. The Morgan fingerprint density at radius 2 is 1.74 bits per heavy atom. The summed E-state index contributed by atoms with van der Waals surface area (Å²) in [6, 6.07) is 17.9. The number of ether oxygens (including phenoxy) is 4. The number of pyridine rings is 1. The summed E-state index contributed by atoms with van der Waals surface area (Å²) in [5.74, 6) is 0.179. The van der Waals surface area contributed by atoms with Crippen LogP contribution < -0.4 is 14.8 Å². The molecule has 12 heteroatoms. The second kappa shape index (κ2) is 15.8. The van der Waals surface area contributed by atoms with Crippen molar-refractivity contribution in [2.45, 2.75) is 37.6 Å². The summed E-state index contributed by atoms with van der Waals surface area (Å²) in [6.07, 6.45) is 3.47. The van der Waals surface area contributed by atoms with Crippen molar-refractivity contribution in [2.24, 2.45) is 0 Å². The van der Waals surface area contributed by atoms with Gasteiger partial charge in [-0.1, -0.05) is 59.6 Å². The van der Waals surface area contributed by atoms with Crippen molar-refractivity contribution in [3.8, 4) is 11.5 Å². The Morgan fingerprint density at radius 1 is 1.00 bits per heavy atom. The fraction of sp³-hybridized carbons (Fsp3) is 0.324. The smallest absolute Gasteiger partial charge is 0.348 e. The van der Waals surface area contributed by atoms with Gasteiger partial charge in [-0.2, -0.15) is 0 Å². The number of likely N-dealkylation sites (tertiary alicyclic amines) is 1. The van der Waals surface area contributed by atoms with Crippen LogP contribution in [0.3, 0.4) is 0 Å². The lowest BCUT2D eigenvalue weighted by atomic mass is 10.0. The molecule has 0 bridgehead atoms. The largest absolute Gasteiger partial charge is 0.493 e. The molecule has 1 fully saturated rings. The van der Waals surface area contributed by atoms with Gasteiger partial charge in [0.05, 0.1) is 24.3 Å². The van der Waals surface area contributed by atoms with E-state index in [-0.39, 0.29) is 18.4 Å². The van der Waals surface area contributed by atoms with Crippen LogP contribution in [0, 0.1) is 0 Å². The molecule has 5 rings (SSSR count). The van der Waals surface area contributed by atoms with E-state index in [1.807, 2.05) is 43.4 Å². The van der Waals surface area contributed by atoms with E-state index < -0.39 is 18.1 Å². The molecule has 9 nitrogen and oxygen atoms in total. The molecule has 2 aromatic heterocycles. The molecule has 3 atom stereocenters. The standard InChI is InChI=1S/C34H35Cl2N3O6S/c1-39-14-13-23(39)20-44-34(41)32(21-7-5-4-6-8-21)38-17-24-10-12-31(46-24)33(40)45-29(16-25-26(35)18-37-19-27(25)36)22-9-11-28(42-2)30(15-22)43-3/h4-12,15,18-19,23,29,32,38H,13-14,16-17,20H2,1-3H3/t23-,29+,32?/m1/s1. The van der Waals surface area contributed by atoms with E-state index in [0.29, 0.717) is 50.7 Å². The Kier molecular flexibility index (Phi) is 11.5. The average molecular weight is 685 g/mol. The van der Waals surface area contributed by atoms with Crippen LogP contribution in [0.4, 0.5) is 0 Å². The van der Waals surface area contributed by atoms with E-state index in [9.17, 15) is 9.59 Å². The van der Waals surface area contributed by atoms with Crippen LogP contribution >= 0.6 is 34.5 Å². The number of thiophene rings is 1. The molecule has 1 saturated heterocycles. The predicted octanol–water partition coefficient (Wildman–Crippen LogP) is 6.69. The molecule has 0 amide bonds. The molecule has 0 radical (unpaired) electrons. The second-order valence-electron chi connectivity index (χ2n) is 10.8. The van der Waals surface area contributed by atoms with Gasteiger partial charge in [0.1, 0.15) is 23.6 Å². The highest BCUT2D eigenvalue weighted by atomic mass is 35.5. The van der Waals surface area contributed by atoms with E-state index in [0.717, 1.165) is 23.4 Å². The third kappa shape index (κ3) is 8.18. The average Bonchev–Trinajstić information content (AvgIpc) is 3.54. The summed E-state index contributed by atoms with van der Waals surface area (Å²) < 4.78 is 22.6. The number of carbonyl (C=O) groups is 2. The Morgan fingerprint density at radius 3 is 2.39 bits per heavy atom. The quantitative estimate of drug-likeness (QED) is 0.146. The lowest BCUT2D eigenvalue weighted by Gasteiger charge is -2.37. The van der Waals surface area contributed by atoms with E-state index in [4.69, 9.17) is 42.1 Å². The third-order valence-electron chi connectivity index (χ3n) is 7.94. The van der Waals surface area contributed by atoms with Crippen LogP contribution in [0.2, 0.25) is 10.0 Å². The predicted molar refractivity (Wildman–Crippen MR) is 178 cm³/mol. The van der Waals surface area contributed by atoms with Gasteiger partial charge in [-0.05, 0) is 61.0 Å². The maximum Gasteiger partial charge on any atom is 0.348 e. The van der Waals surface area contributed by atoms with Crippen molar-refractivity contribution in [1.29, 1.82) is 0 Å². The molecule has 1 aliphatic rings. The molecule has 0 saturated carbocycles. The zero-order chi connectivity index (χ0) is 32.6. The summed E-state index contributed by atoms with van der Waals surface area (Å²) >= 11 is 14.1. The Bertz CT molecular complexity index is 1630. The lowest BCUT2D eigenvalue weighted by Crippen LogP contribution is -2.48. The number of likely N-dealkylation sites (N-methyl/N-ethyl adjacent to an activating group) is 1. The number of esters is 2. The summed E-state index contributed by atoms with van der Waals surface area (Å²) in [4.78, 5) is 34.1. The monoisotopic (exact) mass is 683 g/mol. The van der Waals surface area contributed by atoms with Gasteiger partial charge in [-0.15, -0.1) is 11.3 Å². The van der Waals surface area contributed by atoms with E-state index >= 15 is 0 Å². The van der Waals surface area contributed by atoms with Gasteiger partial charge in [-0.3, -0.25) is 15.2 Å². The molecular weight excluding hydrogens is 649 g/mol. The van der Waals surface area contributed by atoms with Crippen molar-refractivity contribution in [3.05, 3.63) is 110 Å². The minimum atomic E-state index is -0.750. The zero-order valence-electron chi connectivity index (χ0n) is 25.7. The van der Waals surface area contributed by atoms with E-state index in [1.165, 1.54) is 30.8 Å². The number of hydrogen-bond acceptors (Lipinski definition) is 10. The highest BCUT2D eigenvalue weighted by Gasteiger charge is 2.29. The molecule has 1 unspecified atom stereocenters. The SMILES string of the molecule is COc1ccc([C@H](Cc2c(Cl)cncc2Cl)OC(=O)c2ccc(CNC(C(=O)OC[C@H]3CCN3C)c3ccccc3)s2)cc1OC. The van der Waals surface area contributed by atoms with Crippen LogP contribution in [0.15, 0.2) is 73.1 Å². The molecule has 0 spiro atoms. The number of nitrogens with zero attached hydrogens (tertiary/aromatic N) is 2. The number of aromatic nitrogens is 1. The number of benzene rings is 2. The first-order valence-corrected chi connectivity index (χ1v) is 16.3. The van der Waals surface area contributed by atoms with Crippen LogP contribution in [0.25, 0.3) is 0 Å². The van der Waals surface area contributed by atoms with E-state index in [1.54, 1.807) is 31.4 Å². The first-order valence-electron chi connectivity index (χ1n) is 14.7. The number of halogens is 2. The molecule has 2 aromatic carbocycles. The third-order valence-corrected chi connectivity index (χ3v) is 9.66. The normalized spacial score (nSPS) is 15.8. The van der Waals surface area contributed by atoms with Crippen LogP contribution in [0.5, 0.6) is 11.5 Å². The van der Waals surface area contributed by atoms with Gasteiger partial charge in [0.25, 0.3) is 0 Å². The maximum absolute atomic E-state index is 13.5. The minimum absolute atomic E-state index is 0.207. The highest BCUT2D eigenvalue weighted by molar-refractivity contribution is 7.13. The van der Waals surface area contributed by atoms with Crippen molar-refractivity contribution < 1.29 is 28.5 Å². The van der Waals surface area contributed by atoms with Gasteiger partial charge in [0, 0.05) is 36.3 Å². The molecule has 0 aliphatic carbocycles. The van der Waals surface area contributed by atoms with Crippen molar-refractivity contribution in [1.82, 2.24) is 15.2 Å². The Balaban J connectivity index is 1.30. The highest BCUT2D eigenvalue weighted by Crippen LogP contribution is 2.36. The fourth-order valence-corrected chi connectivity index (χ4v) is 6.46. The summed E-state index contributed by atoms with van der Waals surface area (Å²) in [5.41, 5.74) is 2.08. The Labute approximate surface area is 282 Å². The number of rotatable bonds is 14. The van der Waals surface area contributed by atoms with Crippen LogP contribution in [0.1, 0.15) is 49.8 Å². The summed E-state index contributed by atoms with van der Waals surface area (Å²) in [7, 11) is 5.11. The van der Waals surface area contributed by atoms with Crippen molar-refractivity contribution >= 4 is 46.5 Å². The van der Waals surface area contributed by atoms with Gasteiger partial charge in [0.15, 0.2) is 11.5 Å². The molecule has 1 N–H and O–H groups in total. The summed E-state index contributed by atoms with van der Waals surface area (Å²) in [5, 5.41) is 4.05. The van der Waals surface area contributed by atoms with Gasteiger partial charge in [-0.25, -0.2) is 9.59 Å². The van der Waals surface area contributed by atoms with Crippen molar-refractivity contribution in [3.63, 3.8) is 0 Å². The minimum Gasteiger partial charge on any atom is -0.493 e. The second-order valence-corrected chi connectivity index (χ2v) is 12.8. The lowest BCUT2D eigenvalue weighted by molar-refractivity contribution is -0.149. The summed E-state index contributed by atoms with van der Waals surface area (Å²) in [6.45, 7) is 1.70. The molecule has 46 heavy (non-hydrogen) atoms. The van der Waals surface area contributed by atoms with Crippen molar-refractivity contribution in [2.75, 3.05) is 34.4 Å². The van der Waals surface area contributed by atoms with E-state index in [2.05, 4.69) is 15.2 Å². The fourth-order valence-electron chi connectivity index (χ4n) is 5.10. The zero-order valence-corrected chi connectivity index (χ0v) is 28.0. The number of carbonyl (C=O) groups excluding carboxylic acids is 2. The van der Waals surface area contributed by atoms with Crippen LogP contribution in [-0.2, 0) is 27.2 Å². The first kappa shape index (κ1) is 33.7. The number of hydrogen-bond donors (Lipinski definition) is 1. The molecule has 242 valence electrons. The van der Waals surface area contributed by atoms with Gasteiger partial charge in [0.2, 0.25) is 0 Å². The Hall–Kier alpha value is -3.67. The molecule has 1 aliphatic heterocycles. The molecular formula is C34H35Cl2N3O6S. The van der Waals surface area contributed by atoms with Crippen LogP contribution in [-0.4, -0.2) is 62.3 Å². The van der Waals surface area contributed by atoms with Gasteiger partial charge < -0.3 is 18.9 Å². The number of nitrogens with one attached hydrogen (secondary N) is 1. The molecule has 3 heterocycles. The first-order chi connectivity index (χ1) is 22.3. The topological polar surface area (TPSA) is 99.2 Å². The molecule has 4 aromatic rings. The maximum atomic E-state index is 13.5. The van der Waals surface area contributed by atoms with Gasteiger partial charge >= 0.3 is 11.9 Å².